The van der Waals surface area contributed by atoms with Crippen LogP contribution in [0.4, 0.5) is 11.4 Å². The molecule has 1 unspecified atom stereocenters. The zero-order chi connectivity index (χ0) is 24.5. The molecule has 2 aromatic rings. The van der Waals surface area contributed by atoms with Crippen molar-refractivity contribution in [2.75, 3.05) is 31.9 Å². The Morgan fingerprint density at radius 2 is 1.61 bits per heavy atom. The third kappa shape index (κ3) is 6.49. The summed E-state index contributed by atoms with van der Waals surface area (Å²) < 4.78 is 22.3. The topological polar surface area (TPSA) is 99.0 Å². The number of azo groups is 1. The van der Waals surface area contributed by atoms with Gasteiger partial charge in [-0.05, 0) is 32.9 Å². The molecule has 0 aromatic heterocycles. The zero-order valence-electron chi connectivity index (χ0n) is 18.9. The SMILES string of the molecule is CCOc1cc(Cl)cc(OCC)c1N=NC(C(C)=O)C(=O)N(Cl)c1ccc(OC)cc1OC. The lowest BCUT2D eigenvalue weighted by molar-refractivity contribution is -0.126. The fourth-order valence-electron chi connectivity index (χ4n) is 2.77. The lowest BCUT2D eigenvalue weighted by Gasteiger charge is -2.19. The third-order valence-electron chi connectivity index (χ3n) is 4.29. The van der Waals surface area contributed by atoms with Crippen molar-refractivity contribution >= 4 is 46.4 Å². The number of ether oxygens (including phenoxy) is 4. The fourth-order valence-corrected chi connectivity index (χ4v) is 3.20. The molecule has 2 aromatic carbocycles. The van der Waals surface area contributed by atoms with Gasteiger partial charge < -0.3 is 18.9 Å². The Labute approximate surface area is 202 Å². The quantitative estimate of drug-likeness (QED) is 0.234. The lowest BCUT2D eigenvalue weighted by atomic mass is 10.2. The summed E-state index contributed by atoms with van der Waals surface area (Å²) in [5, 5.41) is 8.46. The van der Waals surface area contributed by atoms with Crippen LogP contribution in [0.1, 0.15) is 20.8 Å². The molecular weight excluding hydrogens is 473 g/mol. The molecule has 0 N–H and O–H groups in total. The Hall–Kier alpha value is -3.04. The number of anilines is 1. The standard InChI is InChI=1S/C22H25Cl2N3O6/c1-6-32-18-10-14(23)11-19(33-7-2)21(18)26-25-20(13(3)28)22(29)27(24)16-9-8-15(30-4)12-17(16)31-5/h8-12,20H,6-7H2,1-5H3. The number of carbonyl (C=O) groups is 2. The summed E-state index contributed by atoms with van der Waals surface area (Å²) in [5.74, 6) is -0.0106. The van der Waals surface area contributed by atoms with Gasteiger partial charge in [0.05, 0.1) is 27.4 Å². The average molecular weight is 498 g/mol. The van der Waals surface area contributed by atoms with Crippen molar-refractivity contribution in [1.29, 1.82) is 0 Å². The molecule has 0 radical (unpaired) electrons. The molecule has 0 saturated carbocycles. The van der Waals surface area contributed by atoms with Crippen LogP contribution in [0.15, 0.2) is 40.6 Å². The number of amides is 1. The van der Waals surface area contributed by atoms with Gasteiger partial charge in [-0.2, -0.15) is 5.11 Å². The van der Waals surface area contributed by atoms with E-state index in [-0.39, 0.29) is 17.1 Å². The number of carbonyl (C=O) groups excluding carboxylic acids is 2. The second-order valence-corrected chi connectivity index (χ2v) is 7.28. The van der Waals surface area contributed by atoms with Gasteiger partial charge in [-0.25, -0.2) is 4.42 Å². The predicted octanol–water partition coefficient (Wildman–Crippen LogP) is 5.38. The van der Waals surface area contributed by atoms with Crippen LogP contribution in [0.2, 0.25) is 5.02 Å². The lowest BCUT2D eigenvalue weighted by Crippen LogP contribution is -2.36. The second-order valence-electron chi connectivity index (χ2n) is 6.50. The number of nitrogens with zero attached hydrogens (tertiary/aromatic N) is 3. The van der Waals surface area contributed by atoms with Gasteiger partial charge in [0, 0.05) is 35.0 Å². The Morgan fingerprint density at radius 1 is 1.00 bits per heavy atom. The summed E-state index contributed by atoms with van der Waals surface area (Å²) in [7, 11) is 2.91. The van der Waals surface area contributed by atoms with E-state index >= 15 is 0 Å². The van der Waals surface area contributed by atoms with E-state index in [2.05, 4.69) is 10.2 Å². The molecule has 0 fully saturated rings. The van der Waals surface area contributed by atoms with E-state index in [1.165, 1.54) is 27.2 Å². The maximum Gasteiger partial charge on any atom is 0.276 e. The number of ketones is 1. The fraction of sp³-hybridized carbons (Fsp3) is 0.364. The van der Waals surface area contributed by atoms with Crippen LogP contribution in [0.5, 0.6) is 23.0 Å². The van der Waals surface area contributed by atoms with Gasteiger partial charge in [-0.1, -0.05) is 11.6 Å². The highest BCUT2D eigenvalue weighted by Crippen LogP contribution is 2.41. The van der Waals surface area contributed by atoms with E-state index in [9.17, 15) is 9.59 Å². The van der Waals surface area contributed by atoms with Crippen molar-refractivity contribution in [2.24, 2.45) is 10.2 Å². The minimum atomic E-state index is -1.52. The smallest absolute Gasteiger partial charge is 0.276 e. The molecule has 33 heavy (non-hydrogen) atoms. The second kappa shape index (κ2) is 12.3. The van der Waals surface area contributed by atoms with Gasteiger partial charge in [-0.15, -0.1) is 5.11 Å². The molecule has 1 atom stereocenters. The molecule has 1 amide bonds. The number of benzene rings is 2. The maximum atomic E-state index is 13.1. The van der Waals surface area contributed by atoms with Crippen molar-refractivity contribution < 1.29 is 28.5 Å². The highest BCUT2D eigenvalue weighted by Gasteiger charge is 2.31. The molecule has 0 spiro atoms. The van der Waals surface area contributed by atoms with Crippen LogP contribution in [0, 0.1) is 0 Å². The van der Waals surface area contributed by atoms with E-state index in [0.717, 1.165) is 4.42 Å². The minimum absolute atomic E-state index is 0.199. The van der Waals surface area contributed by atoms with Gasteiger partial charge >= 0.3 is 0 Å². The van der Waals surface area contributed by atoms with Crippen LogP contribution in [0.25, 0.3) is 0 Å². The van der Waals surface area contributed by atoms with Crippen molar-refractivity contribution in [2.45, 2.75) is 26.8 Å². The molecule has 0 aliphatic heterocycles. The number of halogens is 2. The zero-order valence-corrected chi connectivity index (χ0v) is 20.4. The molecule has 178 valence electrons. The van der Waals surface area contributed by atoms with Crippen molar-refractivity contribution in [3.8, 4) is 23.0 Å². The highest BCUT2D eigenvalue weighted by molar-refractivity contribution is 6.39. The largest absolute Gasteiger partial charge is 0.497 e. The van der Waals surface area contributed by atoms with Crippen LogP contribution >= 0.6 is 23.4 Å². The first kappa shape index (κ1) is 26.2. The number of hydrogen-bond donors (Lipinski definition) is 0. The summed E-state index contributed by atoms with van der Waals surface area (Å²) >= 11 is 12.4. The maximum absolute atomic E-state index is 13.1. The average Bonchev–Trinajstić information content (AvgIpc) is 2.79. The van der Waals surface area contributed by atoms with Crippen LogP contribution in [0.3, 0.4) is 0 Å². The van der Waals surface area contributed by atoms with Gasteiger partial charge in [0.25, 0.3) is 5.91 Å². The monoisotopic (exact) mass is 497 g/mol. The van der Waals surface area contributed by atoms with Gasteiger partial charge in [0.1, 0.15) is 17.2 Å². The van der Waals surface area contributed by atoms with Gasteiger partial charge in [-0.3, -0.25) is 9.59 Å². The summed E-state index contributed by atoms with van der Waals surface area (Å²) in [5.41, 5.74) is 0.410. The Balaban J connectivity index is 2.44. The first-order valence-electron chi connectivity index (χ1n) is 9.99. The summed E-state index contributed by atoms with van der Waals surface area (Å²) in [6.07, 6.45) is 0. The highest BCUT2D eigenvalue weighted by atomic mass is 35.5. The Bertz CT molecular complexity index is 1000. The van der Waals surface area contributed by atoms with E-state index in [1.807, 2.05) is 0 Å². The van der Waals surface area contributed by atoms with Crippen molar-refractivity contribution in [1.82, 2.24) is 0 Å². The van der Waals surface area contributed by atoms with Crippen molar-refractivity contribution in [3.63, 3.8) is 0 Å². The van der Waals surface area contributed by atoms with E-state index in [4.69, 9.17) is 42.3 Å². The first-order chi connectivity index (χ1) is 15.8. The predicted molar refractivity (Wildman–Crippen MR) is 126 cm³/mol. The summed E-state index contributed by atoms with van der Waals surface area (Å²) in [6.45, 7) is 5.45. The Kier molecular flexibility index (Phi) is 9.74. The molecule has 9 nitrogen and oxygen atoms in total. The first-order valence-corrected chi connectivity index (χ1v) is 10.7. The number of hydrogen-bond acceptors (Lipinski definition) is 8. The molecule has 2 rings (SSSR count). The molecule has 0 saturated heterocycles. The van der Waals surface area contributed by atoms with Crippen LogP contribution < -0.4 is 23.4 Å². The van der Waals surface area contributed by atoms with E-state index in [1.54, 1.807) is 38.1 Å². The summed E-state index contributed by atoms with van der Waals surface area (Å²) in [6, 6.07) is 6.25. The third-order valence-corrected chi connectivity index (χ3v) is 4.86. The van der Waals surface area contributed by atoms with Crippen LogP contribution in [-0.2, 0) is 9.59 Å². The molecule has 11 heteroatoms. The number of Topliss-reactive ketones (excluding diaryl/α,β-unsaturated/α-hetero) is 1. The molecule has 0 heterocycles. The van der Waals surface area contributed by atoms with E-state index < -0.39 is 17.7 Å². The number of methoxy groups -OCH3 is 2. The number of rotatable bonds is 11. The Morgan fingerprint density at radius 3 is 2.09 bits per heavy atom. The molecule has 0 aliphatic carbocycles. The normalized spacial score (nSPS) is 11.7. The summed E-state index contributed by atoms with van der Waals surface area (Å²) in [4.78, 5) is 25.3. The van der Waals surface area contributed by atoms with Gasteiger partial charge in [0.15, 0.2) is 23.0 Å². The molecule has 0 bridgehead atoms. The van der Waals surface area contributed by atoms with E-state index in [0.29, 0.717) is 35.5 Å². The van der Waals surface area contributed by atoms with Crippen molar-refractivity contribution in [3.05, 3.63) is 35.4 Å². The van der Waals surface area contributed by atoms with Gasteiger partial charge in [0.2, 0.25) is 6.04 Å². The molecule has 0 aliphatic rings. The molecular formula is C22H25Cl2N3O6. The minimum Gasteiger partial charge on any atom is -0.497 e. The van der Waals surface area contributed by atoms with Crippen LogP contribution in [-0.4, -0.2) is 45.2 Å².